The van der Waals surface area contributed by atoms with E-state index in [0.29, 0.717) is 12.6 Å². The minimum atomic E-state index is 0. The topological polar surface area (TPSA) is 52.6 Å². The Morgan fingerprint density at radius 1 is 1.33 bits per heavy atom. The number of aliphatic imine (C=N–C) groups is 1. The zero-order valence-corrected chi connectivity index (χ0v) is 19.5. The smallest absolute Gasteiger partial charge is 0.191 e. The molecule has 3 rings (SSSR count). The number of benzene rings is 1. The number of pyridine rings is 1. The van der Waals surface area contributed by atoms with Gasteiger partial charge in [-0.2, -0.15) is 11.8 Å². The molecule has 0 spiro atoms. The number of nitrogens with zero attached hydrogens (tertiary/aromatic N) is 3. The van der Waals surface area contributed by atoms with E-state index in [1.54, 1.807) is 0 Å². The molecule has 7 heteroatoms. The van der Waals surface area contributed by atoms with Crippen LogP contribution in [0.3, 0.4) is 0 Å². The van der Waals surface area contributed by atoms with Crippen molar-refractivity contribution >= 4 is 58.4 Å². The number of rotatable bonds is 5. The fourth-order valence-corrected chi connectivity index (χ4v) is 4.20. The van der Waals surface area contributed by atoms with Crippen molar-refractivity contribution in [3.05, 3.63) is 35.9 Å². The van der Waals surface area contributed by atoms with E-state index in [4.69, 9.17) is 9.98 Å². The summed E-state index contributed by atoms with van der Waals surface area (Å²) in [5.74, 6) is 4.32. The fourth-order valence-electron chi connectivity index (χ4n) is 3.12. The second kappa shape index (κ2) is 10.9. The van der Waals surface area contributed by atoms with Crippen LogP contribution in [0, 0.1) is 0 Å². The van der Waals surface area contributed by atoms with Crippen molar-refractivity contribution in [1.29, 1.82) is 0 Å². The SMILES string of the molecule is CCNC(=NCc1cc(N(C)C)nc2ccccc12)NC1CCCSC1.I. The molecule has 0 amide bonds. The summed E-state index contributed by atoms with van der Waals surface area (Å²) in [6, 6.07) is 11.0. The van der Waals surface area contributed by atoms with E-state index in [-0.39, 0.29) is 24.0 Å². The van der Waals surface area contributed by atoms with Crippen LogP contribution < -0.4 is 15.5 Å². The van der Waals surface area contributed by atoms with Crippen LogP contribution in [0.5, 0.6) is 0 Å². The molecule has 148 valence electrons. The van der Waals surface area contributed by atoms with Crippen molar-refractivity contribution in [3.63, 3.8) is 0 Å². The van der Waals surface area contributed by atoms with Crippen LogP contribution in [0.1, 0.15) is 25.3 Å². The Bertz CT molecular complexity index is 759. The van der Waals surface area contributed by atoms with Crippen molar-refractivity contribution in [3.8, 4) is 0 Å². The fraction of sp³-hybridized carbons (Fsp3) is 0.500. The molecule has 5 nitrogen and oxygen atoms in total. The zero-order chi connectivity index (χ0) is 18.4. The molecule has 1 aromatic heterocycles. The average Bonchev–Trinajstić information content (AvgIpc) is 2.66. The summed E-state index contributed by atoms with van der Waals surface area (Å²) >= 11 is 2.03. The van der Waals surface area contributed by atoms with Crippen molar-refractivity contribution in [2.75, 3.05) is 37.0 Å². The number of aromatic nitrogens is 1. The molecule has 1 fully saturated rings. The van der Waals surface area contributed by atoms with Gasteiger partial charge in [0.25, 0.3) is 0 Å². The largest absolute Gasteiger partial charge is 0.363 e. The van der Waals surface area contributed by atoms with Crippen LogP contribution in [0.4, 0.5) is 5.82 Å². The van der Waals surface area contributed by atoms with Gasteiger partial charge in [0.2, 0.25) is 0 Å². The van der Waals surface area contributed by atoms with Gasteiger partial charge in [-0.1, -0.05) is 18.2 Å². The first kappa shape index (κ1) is 22.1. The van der Waals surface area contributed by atoms with E-state index in [1.807, 2.05) is 36.8 Å². The number of anilines is 1. The molecule has 1 atom stereocenters. The Morgan fingerprint density at radius 2 is 2.15 bits per heavy atom. The van der Waals surface area contributed by atoms with Crippen LogP contribution in [-0.4, -0.2) is 49.1 Å². The van der Waals surface area contributed by atoms with Gasteiger partial charge in [-0.25, -0.2) is 9.98 Å². The van der Waals surface area contributed by atoms with E-state index < -0.39 is 0 Å². The lowest BCUT2D eigenvalue weighted by Gasteiger charge is -2.24. The minimum absolute atomic E-state index is 0. The molecule has 2 heterocycles. The van der Waals surface area contributed by atoms with Gasteiger partial charge in [0.05, 0.1) is 12.1 Å². The maximum absolute atomic E-state index is 4.87. The molecule has 0 aliphatic carbocycles. The lowest BCUT2D eigenvalue weighted by molar-refractivity contribution is 0.582. The van der Waals surface area contributed by atoms with Gasteiger partial charge in [-0.3, -0.25) is 0 Å². The molecule has 1 aliphatic rings. The van der Waals surface area contributed by atoms with E-state index in [2.05, 4.69) is 41.8 Å². The van der Waals surface area contributed by atoms with E-state index >= 15 is 0 Å². The molecular formula is C20H30IN5S. The standard InChI is InChI=1S/C20H29N5S.HI/c1-4-21-20(23-16-8-7-11-26-14-16)22-13-15-12-19(25(2)3)24-18-10-6-5-9-17(15)18;/h5-6,9-10,12,16H,4,7-8,11,13-14H2,1-3H3,(H2,21,22,23);1H. The van der Waals surface area contributed by atoms with E-state index in [1.165, 1.54) is 29.5 Å². The zero-order valence-electron chi connectivity index (χ0n) is 16.4. The van der Waals surface area contributed by atoms with Crippen LogP contribution in [0.15, 0.2) is 35.3 Å². The molecule has 1 aliphatic heterocycles. The monoisotopic (exact) mass is 499 g/mol. The summed E-state index contributed by atoms with van der Waals surface area (Å²) in [6.07, 6.45) is 2.50. The quantitative estimate of drug-likeness (QED) is 0.372. The van der Waals surface area contributed by atoms with Gasteiger partial charge in [-0.15, -0.1) is 24.0 Å². The van der Waals surface area contributed by atoms with Crippen LogP contribution in [0.2, 0.25) is 0 Å². The first-order valence-corrected chi connectivity index (χ1v) is 10.5. The molecule has 0 radical (unpaired) electrons. The second-order valence-corrected chi connectivity index (χ2v) is 7.95. The van der Waals surface area contributed by atoms with Crippen LogP contribution in [-0.2, 0) is 6.54 Å². The molecule has 0 bridgehead atoms. The lowest BCUT2D eigenvalue weighted by Crippen LogP contribution is -2.45. The van der Waals surface area contributed by atoms with Crippen molar-refractivity contribution in [2.45, 2.75) is 32.4 Å². The Balaban J connectivity index is 0.00000261. The molecule has 2 aromatic rings. The third-order valence-corrected chi connectivity index (χ3v) is 5.71. The lowest BCUT2D eigenvalue weighted by atomic mass is 10.1. The molecule has 1 aromatic carbocycles. The summed E-state index contributed by atoms with van der Waals surface area (Å²) in [6.45, 7) is 3.61. The van der Waals surface area contributed by atoms with E-state index in [0.717, 1.165) is 29.6 Å². The number of para-hydroxylation sites is 1. The maximum Gasteiger partial charge on any atom is 0.191 e. The Labute approximate surface area is 183 Å². The highest BCUT2D eigenvalue weighted by Crippen LogP contribution is 2.23. The van der Waals surface area contributed by atoms with Crippen molar-refractivity contribution in [2.24, 2.45) is 4.99 Å². The minimum Gasteiger partial charge on any atom is -0.363 e. The number of hydrogen-bond acceptors (Lipinski definition) is 4. The number of halogens is 1. The van der Waals surface area contributed by atoms with Crippen molar-refractivity contribution < 1.29 is 0 Å². The molecule has 2 N–H and O–H groups in total. The molecule has 1 saturated heterocycles. The number of nitrogens with one attached hydrogen (secondary N) is 2. The number of hydrogen-bond donors (Lipinski definition) is 2. The molecular weight excluding hydrogens is 469 g/mol. The third kappa shape index (κ3) is 6.14. The summed E-state index contributed by atoms with van der Waals surface area (Å²) in [7, 11) is 4.05. The van der Waals surface area contributed by atoms with Gasteiger partial charge in [0.1, 0.15) is 5.82 Å². The predicted octanol–water partition coefficient (Wildman–Crippen LogP) is 3.87. The van der Waals surface area contributed by atoms with Crippen LogP contribution >= 0.6 is 35.7 Å². The Hall–Kier alpha value is -1.22. The van der Waals surface area contributed by atoms with Gasteiger partial charge in [0, 0.05) is 37.8 Å². The highest BCUT2D eigenvalue weighted by Gasteiger charge is 2.15. The van der Waals surface area contributed by atoms with Gasteiger partial charge >= 0.3 is 0 Å². The van der Waals surface area contributed by atoms with Crippen molar-refractivity contribution in [1.82, 2.24) is 15.6 Å². The summed E-state index contributed by atoms with van der Waals surface area (Å²) in [5.41, 5.74) is 2.22. The summed E-state index contributed by atoms with van der Waals surface area (Å²) < 4.78 is 0. The number of thioether (sulfide) groups is 1. The third-order valence-electron chi connectivity index (χ3n) is 4.50. The Kier molecular flexibility index (Phi) is 8.95. The normalized spacial score (nSPS) is 17.3. The average molecular weight is 499 g/mol. The maximum atomic E-state index is 4.87. The first-order chi connectivity index (χ1) is 12.7. The van der Waals surface area contributed by atoms with Gasteiger partial charge in [0.15, 0.2) is 5.96 Å². The second-order valence-electron chi connectivity index (χ2n) is 6.80. The molecule has 27 heavy (non-hydrogen) atoms. The van der Waals surface area contributed by atoms with Gasteiger partial charge < -0.3 is 15.5 Å². The van der Waals surface area contributed by atoms with E-state index in [9.17, 15) is 0 Å². The predicted molar refractivity (Wildman–Crippen MR) is 130 cm³/mol. The summed E-state index contributed by atoms with van der Waals surface area (Å²) in [5, 5.41) is 8.17. The number of guanidine groups is 1. The highest BCUT2D eigenvalue weighted by molar-refractivity contribution is 14.0. The first-order valence-electron chi connectivity index (χ1n) is 9.36. The van der Waals surface area contributed by atoms with Gasteiger partial charge in [-0.05, 0) is 43.2 Å². The number of fused-ring (bicyclic) bond motifs is 1. The molecule has 0 saturated carbocycles. The molecule has 1 unspecified atom stereocenters. The van der Waals surface area contributed by atoms with Crippen LogP contribution in [0.25, 0.3) is 10.9 Å². The highest BCUT2D eigenvalue weighted by atomic mass is 127. The summed E-state index contributed by atoms with van der Waals surface area (Å²) in [4.78, 5) is 11.6. The Morgan fingerprint density at radius 3 is 2.85 bits per heavy atom.